The Morgan fingerprint density at radius 1 is 1.25 bits per heavy atom. The van der Waals surface area contributed by atoms with Crippen molar-refractivity contribution in [1.82, 2.24) is 4.98 Å². The van der Waals surface area contributed by atoms with Crippen LogP contribution in [0.5, 0.6) is 0 Å². The summed E-state index contributed by atoms with van der Waals surface area (Å²) in [5.74, 6) is -1.40. The molecule has 0 spiro atoms. The highest BCUT2D eigenvalue weighted by molar-refractivity contribution is 6.31. The van der Waals surface area contributed by atoms with Gasteiger partial charge in [-0.2, -0.15) is 0 Å². The number of fused-ring (bicyclic) bond motifs is 2. The van der Waals surface area contributed by atoms with E-state index in [-0.39, 0.29) is 22.1 Å². The number of H-pyrrole nitrogens is 1. The van der Waals surface area contributed by atoms with E-state index in [1.807, 2.05) is 0 Å². The molecule has 0 aliphatic carbocycles. The molecule has 7 heteroatoms. The van der Waals surface area contributed by atoms with E-state index in [1.54, 1.807) is 0 Å². The van der Waals surface area contributed by atoms with E-state index < -0.39 is 22.4 Å². The molecule has 0 fully saturated rings. The fourth-order valence-electron chi connectivity index (χ4n) is 1.95. The van der Waals surface area contributed by atoms with Crippen LogP contribution in [0.1, 0.15) is 10.4 Å². The van der Waals surface area contributed by atoms with Gasteiger partial charge in [0.15, 0.2) is 0 Å². The monoisotopic (exact) mass is 291 g/mol. The first-order valence-electron chi connectivity index (χ1n) is 5.50. The average Bonchev–Trinajstić information content (AvgIpc) is 2.40. The van der Waals surface area contributed by atoms with Gasteiger partial charge in [-0.15, -0.1) is 0 Å². The van der Waals surface area contributed by atoms with Gasteiger partial charge in [0.25, 0.3) is 0 Å². The van der Waals surface area contributed by atoms with Crippen LogP contribution >= 0.6 is 11.6 Å². The fraction of sp³-hybridized carbons (Fsp3) is 0. The van der Waals surface area contributed by atoms with Gasteiger partial charge in [-0.1, -0.05) is 11.6 Å². The number of hydrogen-bond donors (Lipinski definition) is 2. The zero-order valence-electron chi connectivity index (χ0n) is 9.77. The van der Waals surface area contributed by atoms with Crippen LogP contribution in [0.4, 0.5) is 0 Å². The molecule has 0 atom stereocenters. The lowest BCUT2D eigenvalue weighted by atomic mass is 10.2. The van der Waals surface area contributed by atoms with E-state index in [4.69, 9.17) is 21.1 Å². The topological polar surface area (TPSA) is 100 Å². The van der Waals surface area contributed by atoms with Crippen LogP contribution in [0.2, 0.25) is 5.02 Å². The van der Waals surface area contributed by atoms with E-state index in [9.17, 15) is 14.4 Å². The van der Waals surface area contributed by atoms with Gasteiger partial charge >= 0.3 is 5.97 Å². The Balaban J connectivity index is 2.57. The third-order valence-corrected chi connectivity index (χ3v) is 3.13. The molecule has 20 heavy (non-hydrogen) atoms. The van der Waals surface area contributed by atoms with Crippen LogP contribution in [0.25, 0.3) is 22.1 Å². The standard InChI is InChI=1S/C13H6ClNO5/c14-5-1-2-8-6(3-5)10(16)9-12(20-8)11(17)7(4-15-9)13(18)19/h1-4H,(H,15,17)(H,18,19). The number of nitrogens with one attached hydrogen (secondary N) is 1. The number of pyridine rings is 1. The summed E-state index contributed by atoms with van der Waals surface area (Å²) < 4.78 is 5.34. The molecule has 0 aliphatic heterocycles. The Morgan fingerprint density at radius 3 is 2.70 bits per heavy atom. The highest BCUT2D eigenvalue weighted by atomic mass is 35.5. The van der Waals surface area contributed by atoms with E-state index >= 15 is 0 Å². The molecule has 0 saturated carbocycles. The number of aromatic amines is 1. The Morgan fingerprint density at radius 2 is 2.00 bits per heavy atom. The Hall–Kier alpha value is -2.60. The molecule has 0 amide bonds. The first kappa shape index (κ1) is 12.4. The van der Waals surface area contributed by atoms with E-state index in [0.29, 0.717) is 5.02 Å². The zero-order valence-corrected chi connectivity index (χ0v) is 10.5. The number of carboxylic acids is 1. The number of aromatic nitrogens is 1. The summed E-state index contributed by atoms with van der Waals surface area (Å²) in [4.78, 5) is 37.6. The molecule has 0 saturated heterocycles. The minimum atomic E-state index is -1.40. The van der Waals surface area contributed by atoms with Gasteiger partial charge in [0.1, 0.15) is 16.7 Å². The second kappa shape index (κ2) is 4.21. The van der Waals surface area contributed by atoms with Crippen molar-refractivity contribution in [2.45, 2.75) is 0 Å². The van der Waals surface area contributed by atoms with Crippen molar-refractivity contribution in [2.24, 2.45) is 0 Å². The van der Waals surface area contributed by atoms with Crippen molar-refractivity contribution in [3.8, 4) is 0 Å². The van der Waals surface area contributed by atoms with Crippen LogP contribution in [0.3, 0.4) is 0 Å². The number of aromatic carboxylic acids is 1. The molecular weight excluding hydrogens is 286 g/mol. The first-order valence-corrected chi connectivity index (χ1v) is 5.88. The van der Waals surface area contributed by atoms with Crippen LogP contribution < -0.4 is 10.9 Å². The maximum atomic E-state index is 12.2. The predicted molar refractivity (Wildman–Crippen MR) is 72.6 cm³/mol. The Labute approximate surface area is 115 Å². The van der Waals surface area contributed by atoms with Gasteiger partial charge < -0.3 is 14.5 Å². The normalized spacial score (nSPS) is 11.1. The van der Waals surface area contributed by atoms with Gasteiger partial charge in [-0.25, -0.2) is 4.79 Å². The SMILES string of the molecule is O=C(O)c1c[nH]c2c(=O)c3cc(Cl)ccc3oc2c1=O. The second-order valence-electron chi connectivity index (χ2n) is 4.11. The van der Waals surface area contributed by atoms with Crippen LogP contribution in [-0.2, 0) is 0 Å². The summed E-state index contributed by atoms with van der Waals surface area (Å²) in [6.45, 7) is 0. The lowest BCUT2D eigenvalue weighted by Crippen LogP contribution is -2.18. The molecule has 100 valence electrons. The molecule has 1 aromatic carbocycles. The summed E-state index contributed by atoms with van der Waals surface area (Å²) >= 11 is 5.81. The molecule has 2 heterocycles. The Bertz CT molecular complexity index is 986. The third-order valence-electron chi connectivity index (χ3n) is 2.89. The number of carboxylic acid groups (broad SMARTS) is 1. The molecular formula is C13H6ClNO5. The smallest absolute Gasteiger partial charge is 0.341 e. The van der Waals surface area contributed by atoms with Gasteiger partial charge in [-0.05, 0) is 18.2 Å². The van der Waals surface area contributed by atoms with Crippen molar-refractivity contribution in [1.29, 1.82) is 0 Å². The van der Waals surface area contributed by atoms with Crippen molar-refractivity contribution in [2.75, 3.05) is 0 Å². The van der Waals surface area contributed by atoms with E-state index in [0.717, 1.165) is 6.20 Å². The number of halogens is 1. The molecule has 0 radical (unpaired) electrons. The second-order valence-corrected chi connectivity index (χ2v) is 4.55. The van der Waals surface area contributed by atoms with Gasteiger partial charge in [0, 0.05) is 11.2 Å². The molecule has 0 aliphatic rings. The van der Waals surface area contributed by atoms with Crippen LogP contribution in [-0.4, -0.2) is 16.1 Å². The summed E-state index contributed by atoms with van der Waals surface area (Å²) in [6, 6.07) is 4.38. The number of rotatable bonds is 1. The summed E-state index contributed by atoms with van der Waals surface area (Å²) in [6.07, 6.45) is 0.973. The van der Waals surface area contributed by atoms with Crippen molar-refractivity contribution < 1.29 is 14.3 Å². The minimum Gasteiger partial charge on any atom is -0.477 e. The number of benzene rings is 1. The predicted octanol–water partition coefficient (Wildman–Crippen LogP) is 1.99. The summed E-state index contributed by atoms with van der Waals surface area (Å²) in [5.41, 5.74) is -2.05. The fourth-order valence-corrected chi connectivity index (χ4v) is 2.12. The lowest BCUT2D eigenvalue weighted by molar-refractivity contribution is 0.0695. The lowest BCUT2D eigenvalue weighted by Gasteiger charge is -2.02. The largest absolute Gasteiger partial charge is 0.477 e. The first-order chi connectivity index (χ1) is 9.49. The van der Waals surface area contributed by atoms with Gasteiger partial charge in [0.05, 0.1) is 5.39 Å². The Kier molecular flexibility index (Phi) is 2.62. The van der Waals surface area contributed by atoms with Gasteiger partial charge in [-0.3, -0.25) is 9.59 Å². The molecule has 2 N–H and O–H groups in total. The third kappa shape index (κ3) is 1.70. The van der Waals surface area contributed by atoms with E-state index in [2.05, 4.69) is 4.98 Å². The van der Waals surface area contributed by atoms with Crippen molar-refractivity contribution >= 4 is 39.6 Å². The molecule has 3 rings (SSSR count). The van der Waals surface area contributed by atoms with Gasteiger partial charge in [0.2, 0.25) is 16.4 Å². The zero-order chi connectivity index (χ0) is 14.4. The van der Waals surface area contributed by atoms with Crippen LogP contribution in [0, 0.1) is 0 Å². The van der Waals surface area contributed by atoms with E-state index in [1.165, 1.54) is 18.2 Å². The number of carbonyl (C=O) groups is 1. The van der Waals surface area contributed by atoms with Crippen molar-refractivity contribution in [3.63, 3.8) is 0 Å². The van der Waals surface area contributed by atoms with Crippen molar-refractivity contribution in [3.05, 3.63) is 55.4 Å². The molecule has 0 bridgehead atoms. The molecule has 3 aromatic rings. The van der Waals surface area contributed by atoms with Crippen LogP contribution in [0.15, 0.2) is 38.4 Å². The number of hydrogen-bond acceptors (Lipinski definition) is 4. The molecule has 6 nitrogen and oxygen atoms in total. The minimum absolute atomic E-state index is 0.0882. The quantitative estimate of drug-likeness (QED) is 0.668. The highest BCUT2D eigenvalue weighted by Gasteiger charge is 2.16. The molecule has 2 aromatic heterocycles. The maximum absolute atomic E-state index is 12.2. The maximum Gasteiger partial charge on any atom is 0.341 e. The highest BCUT2D eigenvalue weighted by Crippen LogP contribution is 2.19. The summed E-state index contributed by atoms with van der Waals surface area (Å²) in [7, 11) is 0. The average molecular weight is 292 g/mol. The molecule has 0 unspecified atom stereocenters. The summed E-state index contributed by atoms with van der Waals surface area (Å²) in [5, 5.41) is 9.45.